The third kappa shape index (κ3) is 3.93. The van der Waals surface area contributed by atoms with Gasteiger partial charge in [-0.25, -0.2) is 9.97 Å². The summed E-state index contributed by atoms with van der Waals surface area (Å²) in [5.74, 6) is 1.93. The summed E-state index contributed by atoms with van der Waals surface area (Å²) in [7, 11) is 0. The number of hydrogen-bond acceptors (Lipinski definition) is 5. The summed E-state index contributed by atoms with van der Waals surface area (Å²) in [5, 5.41) is 8.88. The predicted octanol–water partition coefficient (Wildman–Crippen LogP) is 3.58. The molecule has 0 aliphatic carbocycles. The van der Waals surface area contributed by atoms with E-state index in [1.165, 1.54) is 10.4 Å². The Morgan fingerprint density at radius 1 is 1.10 bits per heavy atom. The first-order valence-electron chi connectivity index (χ1n) is 7.19. The van der Waals surface area contributed by atoms with Crippen molar-refractivity contribution in [1.82, 2.24) is 9.97 Å². The van der Waals surface area contributed by atoms with Crippen LogP contribution in [0.15, 0.2) is 23.8 Å². The first-order chi connectivity index (χ1) is 9.85. The fourth-order valence-corrected chi connectivity index (χ4v) is 2.84. The van der Waals surface area contributed by atoms with Crippen LogP contribution < -0.4 is 10.6 Å². The Morgan fingerprint density at radius 2 is 1.90 bits per heavy atom. The van der Waals surface area contributed by atoms with Crippen LogP contribution in [0.3, 0.4) is 0 Å². The summed E-state index contributed by atoms with van der Waals surface area (Å²) in [6.07, 6.45) is 4.74. The van der Waals surface area contributed by atoms with Crippen molar-refractivity contribution in [2.45, 2.75) is 33.1 Å². The smallest absolute Gasteiger partial charge is 0.134 e. The molecule has 5 heteroatoms. The predicted molar refractivity (Wildman–Crippen MR) is 86.7 cm³/mol. The molecule has 0 unspecified atom stereocenters. The van der Waals surface area contributed by atoms with Crippen LogP contribution in [0.5, 0.6) is 0 Å². The quantitative estimate of drug-likeness (QED) is 0.780. The summed E-state index contributed by atoms with van der Waals surface area (Å²) >= 11 is 1.80. The van der Waals surface area contributed by atoms with E-state index < -0.39 is 0 Å². The lowest BCUT2D eigenvalue weighted by molar-refractivity contribution is 0.893. The average Bonchev–Trinajstić information content (AvgIpc) is 2.96. The molecule has 0 aromatic carbocycles. The molecule has 0 saturated heterocycles. The van der Waals surface area contributed by atoms with Gasteiger partial charge in [0.05, 0.1) is 0 Å². The van der Waals surface area contributed by atoms with Crippen molar-refractivity contribution in [3.8, 4) is 0 Å². The van der Waals surface area contributed by atoms with Crippen LogP contribution in [0.1, 0.15) is 30.7 Å². The van der Waals surface area contributed by atoms with Crippen molar-refractivity contribution in [1.29, 1.82) is 0 Å². The molecule has 0 fully saturated rings. The van der Waals surface area contributed by atoms with Crippen LogP contribution in [-0.4, -0.2) is 23.1 Å². The molecular formula is C15H22N4S. The van der Waals surface area contributed by atoms with Crippen molar-refractivity contribution in [3.63, 3.8) is 0 Å². The number of hydrogen-bond donors (Lipinski definition) is 2. The molecule has 2 heterocycles. The normalized spacial score (nSPS) is 10.5. The van der Waals surface area contributed by atoms with Gasteiger partial charge in [-0.3, -0.25) is 0 Å². The molecule has 4 nitrogen and oxygen atoms in total. The second-order valence-corrected chi connectivity index (χ2v) is 5.62. The Kier molecular flexibility index (Phi) is 5.80. The molecule has 0 bridgehead atoms. The third-order valence-electron chi connectivity index (χ3n) is 3.03. The van der Waals surface area contributed by atoms with E-state index in [-0.39, 0.29) is 0 Å². The van der Waals surface area contributed by atoms with Crippen molar-refractivity contribution in [2.75, 3.05) is 23.7 Å². The fourth-order valence-electron chi connectivity index (χ4n) is 2.13. The van der Waals surface area contributed by atoms with Gasteiger partial charge >= 0.3 is 0 Å². The molecule has 0 atom stereocenters. The molecule has 0 amide bonds. The third-order valence-corrected chi connectivity index (χ3v) is 3.97. The summed E-state index contributed by atoms with van der Waals surface area (Å²) in [6, 6.07) is 4.26. The molecule has 0 aliphatic rings. The van der Waals surface area contributed by atoms with Gasteiger partial charge in [0.2, 0.25) is 0 Å². The Balaban J connectivity index is 2.03. The topological polar surface area (TPSA) is 49.8 Å². The molecule has 0 saturated carbocycles. The molecule has 2 aromatic heterocycles. The van der Waals surface area contributed by atoms with Gasteiger partial charge in [-0.15, -0.1) is 11.3 Å². The van der Waals surface area contributed by atoms with E-state index in [1.54, 1.807) is 17.7 Å². The molecule has 20 heavy (non-hydrogen) atoms. The molecule has 2 aromatic rings. The lowest BCUT2D eigenvalue weighted by atomic mass is 10.1. The zero-order valence-electron chi connectivity index (χ0n) is 12.1. The zero-order valence-corrected chi connectivity index (χ0v) is 13.0. The summed E-state index contributed by atoms with van der Waals surface area (Å²) in [5.41, 5.74) is 1.20. The second kappa shape index (κ2) is 7.85. The van der Waals surface area contributed by atoms with Gasteiger partial charge in [-0.05, 0) is 31.2 Å². The minimum atomic E-state index is 0.877. The van der Waals surface area contributed by atoms with Crippen molar-refractivity contribution in [3.05, 3.63) is 34.3 Å². The van der Waals surface area contributed by atoms with Crippen LogP contribution >= 0.6 is 11.3 Å². The molecule has 2 N–H and O–H groups in total. The van der Waals surface area contributed by atoms with E-state index in [2.05, 4.69) is 52.0 Å². The average molecular weight is 290 g/mol. The Morgan fingerprint density at radius 3 is 2.55 bits per heavy atom. The molecule has 2 rings (SSSR count). The minimum Gasteiger partial charge on any atom is -0.370 e. The van der Waals surface area contributed by atoms with Crippen LogP contribution in [-0.2, 0) is 12.8 Å². The zero-order chi connectivity index (χ0) is 14.2. The molecule has 0 radical (unpaired) electrons. The largest absolute Gasteiger partial charge is 0.370 e. The number of anilines is 2. The maximum Gasteiger partial charge on any atom is 0.134 e. The highest BCUT2D eigenvalue weighted by Gasteiger charge is 2.09. The highest BCUT2D eigenvalue weighted by molar-refractivity contribution is 7.09. The van der Waals surface area contributed by atoms with Crippen LogP contribution in [0.25, 0.3) is 0 Å². The highest BCUT2D eigenvalue weighted by Crippen LogP contribution is 2.21. The number of rotatable bonds is 8. The van der Waals surface area contributed by atoms with Gasteiger partial charge in [0.25, 0.3) is 0 Å². The maximum atomic E-state index is 4.40. The monoisotopic (exact) mass is 290 g/mol. The molecule has 108 valence electrons. The van der Waals surface area contributed by atoms with Crippen molar-refractivity contribution in [2.24, 2.45) is 0 Å². The minimum absolute atomic E-state index is 0.877. The number of thiophene rings is 1. The van der Waals surface area contributed by atoms with Gasteiger partial charge in [-0.1, -0.05) is 19.4 Å². The van der Waals surface area contributed by atoms with E-state index >= 15 is 0 Å². The molecule has 0 spiro atoms. The van der Waals surface area contributed by atoms with Crippen LogP contribution in [0.2, 0.25) is 0 Å². The van der Waals surface area contributed by atoms with Gasteiger partial charge in [0.15, 0.2) is 0 Å². The van der Waals surface area contributed by atoms with Gasteiger partial charge in [0.1, 0.15) is 18.0 Å². The lowest BCUT2D eigenvalue weighted by Crippen LogP contribution is -2.12. The van der Waals surface area contributed by atoms with E-state index in [9.17, 15) is 0 Å². The maximum absolute atomic E-state index is 4.40. The SMILES string of the molecule is CCCc1c(NCC)ncnc1NCCc1cccs1. The summed E-state index contributed by atoms with van der Waals surface area (Å²) in [4.78, 5) is 10.1. The van der Waals surface area contributed by atoms with E-state index in [0.29, 0.717) is 0 Å². The highest BCUT2D eigenvalue weighted by atomic mass is 32.1. The van der Waals surface area contributed by atoms with Gasteiger partial charge in [0, 0.05) is 23.5 Å². The number of nitrogens with zero attached hydrogens (tertiary/aromatic N) is 2. The standard InChI is InChI=1S/C15H22N4S/c1-3-6-13-14(16-4-2)18-11-19-15(13)17-9-8-12-7-5-10-20-12/h5,7,10-11H,3-4,6,8-9H2,1-2H3,(H2,16,17,18,19). The molecular weight excluding hydrogens is 268 g/mol. The number of nitrogens with one attached hydrogen (secondary N) is 2. The summed E-state index contributed by atoms with van der Waals surface area (Å²) < 4.78 is 0. The van der Waals surface area contributed by atoms with Gasteiger partial charge < -0.3 is 10.6 Å². The lowest BCUT2D eigenvalue weighted by Gasteiger charge is -2.14. The van der Waals surface area contributed by atoms with E-state index in [4.69, 9.17) is 0 Å². The van der Waals surface area contributed by atoms with E-state index in [0.717, 1.165) is 44.0 Å². The van der Waals surface area contributed by atoms with Crippen LogP contribution in [0.4, 0.5) is 11.6 Å². The Bertz CT molecular complexity index is 511. The Labute approximate surface area is 124 Å². The first kappa shape index (κ1) is 14.8. The van der Waals surface area contributed by atoms with Gasteiger partial charge in [-0.2, -0.15) is 0 Å². The van der Waals surface area contributed by atoms with Crippen molar-refractivity contribution >= 4 is 23.0 Å². The van der Waals surface area contributed by atoms with E-state index in [1.807, 2.05) is 0 Å². The summed E-state index contributed by atoms with van der Waals surface area (Å²) in [6.45, 7) is 6.04. The first-order valence-corrected chi connectivity index (χ1v) is 8.07. The van der Waals surface area contributed by atoms with Crippen LogP contribution in [0, 0.1) is 0 Å². The fraction of sp³-hybridized carbons (Fsp3) is 0.467. The Hall–Kier alpha value is -1.62. The second-order valence-electron chi connectivity index (χ2n) is 4.59. The van der Waals surface area contributed by atoms with Crippen molar-refractivity contribution < 1.29 is 0 Å². The number of aromatic nitrogens is 2. The molecule has 0 aliphatic heterocycles.